The lowest BCUT2D eigenvalue weighted by molar-refractivity contribution is -0.274. The molecule has 0 unspecified atom stereocenters. The van der Waals surface area contributed by atoms with Crippen molar-refractivity contribution in [3.05, 3.63) is 66.1 Å². The van der Waals surface area contributed by atoms with Gasteiger partial charge in [-0.05, 0) is 42.5 Å². The van der Waals surface area contributed by atoms with Gasteiger partial charge in [-0.2, -0.15) is 0 Å². The monoisotopic (exact) mass is 537 g/mol. The molecule has 0 spiro atoms. The highest BCUT2D eigenvalue weighted by Gasteiger charge is 2.33. The van der Waals surface area contributed by atoms with Crippen LogP contribution >= 0.6 is 11.6 Å². The lowest BCUT2D eigenvalue weighted by Gasteiger charge is -2.30. The molecule has 194 valence electrons. The molecule has 2 heterocycles. The lowest BCUT2D eigenvalue weighted by Crippen LogP contribution is -2.36. The molecule has 2 aromatic carbocycles. The van der Waals surface area contributed by atoms with Crippen LogP contribution in [0.5, 0.6) is 5.75 Å². The Bertz CT molecular complexity index is 1320. The van der Waals surface area contributed by atoms with E-state index in [1.54, 1.807) is 18.2 Å². The van der Waals surface area contributed by atoms with Crippen LogP contribution in [0.4, 0.5) is 40.6 Å². The standard InChI is InChI=1S/C24H20ClF4N5O3/c1-2-21(35)31-17-10-14(9-15(26)11-17)22-20(37-24(27,28)29)13-30-23(33-22)32-16-3-4-18(25)19(12-16)34-5-7-36-8-6-34/h2-4,9-13H,1,5-8H2,(H,31,35)(H,30,32,33). The van der Waals surface area contributed by atoms with E-state index in [0.717, 1.165) is 30.1 Å². The maximum atomic E-state index is 14.3. The van der Waals surface area contributed by atoms with Crippen LogP contribution in [0.15, 0.2) is 55.3 Å². The van der Waals surface area contributed by atoms with E-state index in [-0.39, 0.29) is 22.9 Å². The summed E-state index contributed by atoms with van der Waals surface area (Å²) in [6.07, 6.45) is -3.26. The van der Waals surface area contributed by atoms with E-state index in [9.17, 15) is 22.4 Å². The van der Waals surface area contributed by atoms with Crippen molar-refractivity contribution in [1.29, 1.82) is 0 Å². The predicted octanol–water partition coefficient (Wildman–Crippen LogP) is 5.54. The van der Waals surface area contributed by atoms with Crippen LogP contribution in [0.2, 0.25) is 5.02 Å². The van der Waals surface area contributed by atoms with Gasteiger partial charge in [-0.3, -0.25) is 4.79 Å². The first-order valence-electron chi connectivity index (χ1n) is 10.9. The molecule has 8 nitrogen and oxygen atoms in total. The molecule has 2 N–H and O–H groups in total. The highest BCUT2D eigenvalue weighted by molar-refractivity contribution is 6.33. The third kappa shape index (κ3) is 6.86. The number of rotatable bonds is 7. The summed E-state index contributed by atoms with van der Waals surface area (Å²) in [6, 6.07) is 8.27. The maximum absolute atomic E-state index is 14.3. The van der Waals surface area contributed by atoms with E-state index in [0.29, 0.717) is 37.0 Å². The van der Waals surface area contributed by atoms with Crippen molar-refractivity contribution in [2.24, 2.45) is 0 Å². The second-order valence-corrected chi connectivity index (χ2v) is 8.17. The van der Waals surface area contributed by atoms with Crippen LogP contribution in [-0.4, -0.2) is 48.5 Å². The first-order valence-corrected chi connectivity index (χ1v) is 11.3. The number of aromatic nitrogens is 2. The Balaban J connectivity index is 1.71. The number of carbonyl (C=O) groups excluding carboxylic acids is 1. The quantitative estimate of drug-likeness (QED) is 0.302. The molecule has 13 heteroatoms. The van der Waals surface area contributed by atoms with Crippen molar-refractivity contribution in [3.63, 3.8) is 0 Å². The smallest absolute Gasteiger partial charge is 0.402 e. The summed E-state index contributed by atoms with van der Waals surface area (Å²) in [5, 5.41) is 5.80. The fraction of sp³-hybridized carbons (Fsp3) is 0.208. The van der Waals surface area contributed by atoms with Gasteiger partial charge in [-0.15, -0.1) is 13.2 Å². The average molecular weight is 538 g/mol. The Morgan fingerprint density at radius 1 is 1.16 bits per heavy atom. The number of anilines is 4. The van der Waals surface area contributed by atoms with Gasteiger partial charge in [-0.25, -0.2) is 14.4 Å². The molecule has 4 rings (SSSR count). The van der Waals surface area contributed by atoms with Gasteiger partial charge in [0.25, 0.3) is 0 Å². The molecule has 37 heavy (non-hydrogen) atoms. The molecule has 0 bridgehead atoms. The second-order valence-electron chi connectivity index (χ2n) is 7.77. The summed E-state index contributed by atoms with van der Waals surface area (Å²) >= 11 is 6.36. The first kappa shape index (κ1) is 26.2. The fourth-order valence-electron chi connectivity index (χ4n) is 3.60. The van der Waals surface area contributed by atoms with Crippen molar-refractivity contribution in [2.75, 3.05) is 41.8 Å². The number of ether oxygens (including phenoxy) is 2. The second kappa shape index (κ2) is 11.0. The number of halogens is 5. The summed E-state index contributed by atoms with van der Waals surface area (Å²) in [5.74, 6) is -2.29. The molecule has 1 aromatic heterocycles. The summed E-state index contributed by atoms with van der Waals surface area (Å²) in [5.41, 5.74) is 0.790. The number of nitrogens with one attached hydrogen (secondary N) is 2. The summed E-state index contributed by atoms with van der Waals surface area (Å²) < 4.78 is 62.9. The normalized spacial score (nSPS) is 13.7. The zero-order chi connectivity index (χ0) is 26.6. The highest BCUT2D eigenvalue weighted by Crippen LogP contribution is 2.35. The summed E-state index contributed by atoms with van der Waals surface area (Å²) in [4.78, 5) is 21.8. The third-order valence-corrected chi connectivity index (χ3v) is 5.48. The first-order chi connectivity index (χ1) is 17.6. The molecular weight excluding hydrogens is 518 g/mol. The van der Waals surface area contributed by atoms with Gasteiger partial charge in [0.1, 0.15) is 11.5 Å². The molecule has 0 saturated carbocycles. The van der Waals surface area contributed by atoms with Gasteiger partial charge in [0.05, 0.1) is 30.1 Å². The predicted molar refractivity (Wildman–Crippen MR) is 131 cm³/mol. The number of benzene rings is 2. The zero-order valence-electron chi connectivity index (χ0n) is 19.1. The van der Waals surface area contributed by atoms with Crippen molar-refractivity contribution in [1.82, 2.24) is 9.97 Å². The SMILES string of the molecule is C=CC(=O)Nc1cc(F)cc(-c2nc(Nc3ccc(Cl)c(N4CCOCC4)c3)ncc2OC(F)(F)F)c1. The molecule has 1 aliphatic heterocycles. The van der Waals surface area contributed by atoms with Crippen LogP contribution in [0.3, 0.4) is 0 Å². The van der Waals surface area contributed by atoms with Gasteiger partial charge in [-0.1, -0.05) is 18.2 Å². The van der Waals surface area contributed by atoms with E-state index in [4.69, 9.17) is 16.3 Å². The van der Waals surface area contributed by atoms with Crippen LogP contribution < -0.4 is 20.3 Å². The summed E-state index contributed by atoms with van der Waals surface area (Å²) in [6.45, 7) is 5.67. The third-order valence-electron chi connectivity index (χ3n) is 5.16. The molecule has 0 atom stereocenters. The summed E-state index contributed by atoms with van der Waals surface area (Å²) in [7, 11) is 0. The minimum absolute atomic E-state index is 0.0150. The molecule has 3 aromatic rings. The number of hydrogen-bond acceptors (Lipinski definition) is 7. The number of amides is 1. The van der Waals surface area contributed by atoms with E-state index in [1.807, 2.05) is 4.90 Å². The van der Waals surface area contributed by atoms with Gasteiger partial charge in [0.15, 0.2) is 5.75 Å². The number of hydrogen-bond donors (Lipinski definition) is 2. The van der Waals surface area contributed by atoms with Crippen LogP contribution in [0.1, 0.15) is 0 Å². The number of alkyl halides is 3. The minimum atomic E-state index is -5.05. The van der Waals surface area contributed by atoms with Crippen molar-refractivity contribution in [2.45, 2.75) is 6.36 Å². The van der Waals surface area contributed by atoms with Crippen LogP contribution in [0.25, 0.3) is 11.3 Å². The van der Waals surface area contributed by atoms with Crippen molar-refractivity contribution in [3.8, 4) is 17.0 Å². The van der Waals surface area contributed by atoms with Gasteiger partial charge in [0, 0.05) is 30.0 Å². The molecule has 1 saturated heterocycles. The minimum Gasteiger partial charge on any atom is -0.402 e. The number of morpholine rings is 1. The Morgan fingerprint density at radius 3 is 2.62 bits per heavy atom. The maximum Gasteiger partial charge on any atom is 0.573 e. The largest absolute Gasteiger partial charge is 0.573 e. The Labute approximate surface area is 213 Å². The van der Waals surface area contributed by atoms with Crippen LogP contribution in [0, 0.1) is 5.82 Å². The van der Waals surface area contributed by atoms with E-state index >= 15 is 0 Å². The van der Waals surface area contributed by atoms with E-state index in [1.165, 1.54) is 6.07 Å². The molecule has 1 fully saturated rings. The van der Waals surface area contributed by atoms with Crippen molar-refractivity contribution < 1.29 is 31.8 Å². The Morgan fingerprint density at radius 2 is 1.92 bits per heavy atom. The average Bonchev–Trinajstić information content (AvgIpc) is 2.85. The van der Waals surface area contributed by atoms with E-state index in [2.05, 4.69) is 31.9 Å². The molecule has 0 aliphatic carbocycles. The molecular formula is C24H20ClF4N5O3. The Kier molecular flexibility index (Phi) is 7.79. The van der Waals surface area contributed by atoms with Gasteiger partial charge < -0.3 is 25.0 Å². The topological polar surface area (TPSA) is 88.6 Å². The molecule has 0 radical (unpaired) electrons. The Hall–Kier alpha value is -3.90. The number of nitrogens with zero attached hydrogens (tertiary/aromatic N) is 3. The fourth-order valence-corrected chi connectivity index (χ4v) is 3.83. The van der Waals surface area contributed by atoms with E-state index < -0.39 is 23.8 Å². The zero-order valence-corrected chi connectivity index (χ0v) is 19.9. The van der Waals surface area contributed by atoms with Crippen LogP contribution in [-0.2, 0) is 9.53 Å². The van der Waals surface area contributed by atoms with Gasteiger partial charge in [0.2, 0.25) is 11.9 Å². The number of carbonyl (C=O) groups is 1. The van der Waals surface area contributed by atoms with Gasteiger partial charge >= 0.3 is 6.36 Å². The molecule has 1 amide bonds. The molecule has 1 aliphatic rings. The lowest BCUT2D eigenvalue weighted by atomic mass is 10.1. The van der Waals surface area contributed by atoms with Crippen molar-refractivity contribution >= 4 is 40.5 Å². The highest BCUT2D eigenvalue weighted by atomic mass is 35.5.